The summed E-state index contributed by atoms with van der Waals surface area (Å²) in [4.78, 5) is 23.5. The molecule has 0 saturated carbocycles. The summed E-state index contributed by atoms with van der Waals surface area (Å²) in [5.74, 6) is -0.567. The van der Waals surface area contributed by atoms with Crippen LogP contribution in [-0.2, 0) is 4.79 Å². The minimum Gasteiger partial charge on any atom is -0.504 e. The van der Waals surface area contributed by atoms with Crippen molar-refractivity contribution in [1.82, 2.24) is 10.7 Å². The average molecular weight is 362 g/mol. The maximum Gasteiger partial charge on any atom is 0.259 e. The maximum absolute atomic E-state index is 11.8. The summed E-state index contributed by atoms with van der Waals surface area (Å²) in [5, 5.41) is 16.3. The van der Waals surface area contributed by atoms with Gasteiger partial charge in [-0.1, -0.05) is 11.6 Å². The first-order valence-electron chi connectivity index (χ1n) is 7.22. The molecule has 2 aromatic rings. The molecule has 0 unspecified atom stereocenters. The lowest BCUT2D eigenvalue weighted by molar-refractivity contribution is -0.120. The molecule has 0 aliphatic rings. The van der Waals surface area contributed by atoms with Gasteiger partial charge in [-0.3, -0.25) is 9.59 Å². The summed E-state index contributed by atoms with van der Waals surface area (Å²) < 4.78 is 4.97. The van der Waals surface area contributed by atoms with Gasteiger partial charge in [-0.2, -0.15) is 5.10 Å². The van der Waals surface area contributed by atoms with Gasteiger partial charge < -0.3 is 15.2 Å². The molecule has 0 heterocycles. The maximum atomic E-state index is 11.8. The van der Waals surface area contributed by atoms with E-state index in [1.165, 1.54) is 19.4 Å². The molecule has 7 nitrogen and oxygen atoms in total. The Hall–Kier alpha value is -3.06. The molecule has 0 radical (unpaired) electrons. The number of benzene rings is 2. The monoisotopic (exact) mass is 361 g/mol. The molecule has 2 aromatic carbocycles. The highest BCUT2D eigenvalue weighted by Crippen LogP contribution is 2.25. The zero-order valence-electron chi connectivity index (χ0n) is 13.3. The quantitative estimate of drug-likeness (QED) is 0.540. The van der Waals surface area contributed by atoms with Gasteiger partial charge in [-0.05, 0) is 48.0 Å². The first kappa shape index (κ1) is 18.3. The molecule has 0 atom stereocenters. The molecule has 0 saturated heterocycles. The van der Waals surface area contributed by atoms with Crippen LogP contribution in [0.25, 0.3) is 0 Å². The molecule has 0 spiro atoms. The molecule has 0 aromatic heterocycles. The van der Waals surface area contributed by atoms with E-state index in [0.29, 0.717) is 21.9 Å². The Bertz CT molecular complexity index is 791. The third kappa shape index (κ3) is 5.50. The van der Waals surface area contributed by atoms with Crippen molar-refractivity contribution in [2.45, 2.75) is 0 Å². The Morgan fingerprint density at radius 2 is 1.96 bits per heavy atom. The largest absolute Gasteiger partial charge is 0.504 e. The Labute approximate surface area is 149 Å². The number of nitrogens with one attached hydrogen (secondary N) is 2. The van der Waals surface area contributed by atoms with Gasteiger partial charge in [0.05, 0.1) is 19.9 Å². The molecule has 8 heteroatoms. The molecular formula is C17H16ClN3O4. The number of aromatic hydroxyl groups is 1. The van der Waals surface area contributed by atoms with Crippen LogP contribution in [-0.4, -0.2) is 36.8 Å². The van der Waals surface area contributed by atoms with Gasteiger partial charge in [0.25, 0.3) is 11.8 Å². The van der Waals surface area contributed by atoms with Crippen LogP contribution in [0.1, 0.15) is 15.9 Å². The van der Waals surface area contributed by atoms with Crippen molar-refractivity contribution in [3.8, 4) is 11.5 Å². The Morgan fingerprint density at radius 3 is 2.64 bits per heavy atom. The third-order valence-corrected chi connectivity index (χ3v) is 3.37. The summed E-state index contributed by atoms with van der Waals surface area (Å²) in [5.41, 5.74) is 3.32. The molecular weight excluding hydrogens is 346 g/mol. The highest BCUT2D eigenvalue weighted by molar-refractivity contribution is 6.30. The number of carbonyl (C=O) groups excluding carboxylic acids is 2. The number of amides is 2. The molecule has 2 rings (SSSR count). The fourth-order valence-corrected chi connectivity index (χ4v) is 1.98. The van der Waals surface area contributed by atoms with Crippen LogP contribution in [0.2, 0.25) is 5.02 Å². The van der Waals surface area contributed by atoms with Gasteiger partial charge in [-0.15, -0.1) is 0 Å². The van der Waals surface area contributed by atoms with E-state index < -0.39 is 5.91 Å². The van der Waals surface area contributed by atoms with Crippen molar-refractivity contribution >= 4 is 29.6 Å². The summed E-state index contributed by atoms with van der Waals surface area (Å²) in [6, 6.07) is 10.9. The van der Waals surface area contributed by atoms with Gasteiger partial charge in [-0.25, -0.2) is 5.43 Å². The molecule has 0 aliphatic heterocycles. The predicted octanol–water partition coefficient (Wildman–Crippen LogP) is 1.93. The van der Waals surface area contributed by atoms with E-state index in [2.05, 4.69) is 15.8 Å². The third-order valence-electron chi connectivity index (χ3n) is 3.12. The number of hydrogen-bond donors (Lipinski definition) is 3. The Balaban J connectivity index is 1.82. The normalized spacial score (nSPS) is 10.5. The van der Waals surface area contributed by atoms with Crippen LogP contribution < -0.4 is 15.5 Å². The number of hydrazone groups is 1. The van der Waals surface area contributed by atoms with E-state index in [1.807, 2.05) is 0 Å². The van der Waals surface area contributed by atoms with Crippen LogP contribution in [0.4, 0.5) is 0 Å². The van der Waals surface area contributed by atoms with Crippen molar-refractivity contribution < 1.29 is 19.4 Å². The van der Waals surface area contributed by atoms with Crippen molar-refractivity contribution in [3.63, 3.8) is 0 Å². The number of hydrogen-bond acceptors (Lipinski definition) is 5. The van der Waals surface area contributed by atoms with Gasteiger partial charge in [0.15, 0.2) is 11.5 Å². The summed E-state index contributed by atoms with van der Waals surface area (Å²) in [6.07, 6.45) is 1.39. The van der Waals surface area contributed by atoms with Gasteiger partial charge in [0, 0.05) is 10.6 Å². The number of nitrogens with zero attached hydrogens (tertiary/aromatic N) is 1. The van der Waals surface area contributed by atoms with Crippen LogP contribution in [0.3, 0.4) is 0 Å². The van der Waals surface area contributed by atoms with E-state index in [0.717, 1.165) is 0 Å². The topological polar surface area (TPSA) is 100 Å². The summed E-state index contributed by atoms with van der Waals surface area (Å²) in [6.45, 7) is -0.225. The fraction of sp³-hybridized carbons (Fsp3) is 0.118. The lowest BCUT2D eigenvalue weighted by Crippen LogP contribution is -2.34. The van der Waals surface area contributed by atoms with Crippen LogP contribution in [0.5, 0.6) is 11.5 Å². The molecule has 0 aliphatic carbocycles. The lowest BCUT2D eigenvalue weighted by atomic mass is 10.2. The Morgan fingerprint density at radius 1 is 1.24 bits per heavy atom. The lowest BCUT2D eigenvalue weighted by Gasteiger charge is -2.05. The molecule has 0 fully saturated rings. The second-order valence-corrected chi connectivity index (χ2v) is 5.35. The van der Waals surface area contributed by atoms with Crippen molar-refractivity contribution in [3.05, 3.63) is 58.6 Å². The smallest absolute Gasteiger partial charge is 0.259 e. The van der Waals surface area contributed by atoms with E-state index >= 15 is 0 Å². The standard InChI is InChI=1S/C17H16ClN3O4/c1-25-15-8-11(2-7-14(15)22)9-20-21-16(23)10-19-17(24)12-3-5-13(18)6-4-12/h2-9,22H,10H2,1H3,(H,19,24)(H,21,23)/b20-9-. The van der Waals surface area contributed by atoms with Crippen molar-refractivity contribution in [2.24, 2.45) is 5.10 Å². The number of ether oxygens (including phenoxy) is 1. The van der Waals surface area contributed by atoms with Crippen LogP contribution >= 0.6 is 11.6 Å². The fourth-order valence-electron chi connectivity index (χ4n) is 1.86. The van der Waals surface area contributed by atoms with Crippen LogP contribution in [0, 0.1) is 0 Å². The molecule has 2 amide bonds. The van der Waals surface area contributed by atoms with E-state index in [4.69, 9.17) is 16.3 Å². The van der Waals surface area contributed by atoms with Gasteiger partial charge in [0.2, 0.25) is 0 Å². The minimum absolute atomic E-state index is 0.00796. The molecule has 3 N–H and O–H groups in total. The van der Waals surface area contributed by atoms with E-state index in [-0.39, 0.29) is 18.2 Å². The summed E-state index contributed by atoms with van der Waals surface area (Å²) >= 11 is 5.75. The van der Waals surface area contributed by atoms with Gasteiger partial charge in [0.1, 0.15) is 0 Å². The zero-order chi connectivity index (χ0) is 18.2. The second-order valence-electron chi connectivity index (χ2n) is 4.91. The molecule has 0 bridgehead atoms. The molecule has 25 heavy (non-hydrogen) atoms. The van der Waals surface area contributed by atoms with Gasteiger partial charge >= 0.3 is 0 Å². The SMILES string of the molecule is COc1cc(/C=N\NC(=O)CNC(=O)c2ccc(Cl)cc2)ccc1O. The van der Waals surface area contributed by atoms with Crippen LogP contribution in [0.15, 0.2) is 47.6 Å². The average Bonchev–Trinajstić information content (AvgIpc) is 2.61. The number of methoxy groups -OCH3 is 1. The number of carbonyl (C=O) groups is 2. The zero-order valence-corrected chi connectivity index (χ0v) is 14.1. The minimum atomic E-state index is -0.482. The highest BCUT2D eigenvalue weighted by Gasteiger charge is 2.07. The predicted molar refractivity (Wildman–Crippen MR) is 94.2 cm³/mol. The number of phenols is 1. The van der Waals surface area contributed by atoms with E-state index in [1.54, 1.807) is 36.4 Å². The first-order chi connectivity index (χ1) is 12.0. The molecule has 130 valence electrons. The number of phenolic OH excluding ortho intramolecular Hbond substituents is 1. The van der Waals surface area contributed by atoms with Crippen molar-refractivity contribution in [2.75, 3.05) is 13.7 Å². The first-order valence-corrected chi connectivity index (χ1v) is 7.60. The second kappa shape index (κ2) is 8.70. The number of halogens is 1. The highest BCUT2D eigenvalue weighted by atomic mass is 35.5. The van der Waals surface area contributed by atoms with E-state index in [9.17, 15) is 14.7 Å². The van der Waals surface area contributed by atoms with Crippen molar-refractivity contribution in [1.29, 1.82) is 0 Å². The number of rotatable bonds is 6. The summed E-state index contributed by atoms with van der Waals surface area (Å²) in [7, 11) is 1.43. The Kier molecular flexibility index (Phi) is 6.36.